The van der Waals surface area contributed by atoms with Crippen molar-refractivity contribution in [3.05, 3.63) is 236 Å². The SMILES string of the molecule is [2H]c1c([2H])c([2H])c(-c2c([2H])c([2H])c3c4ccc5[c-]c4n(c3c2[2H])-c2cc(C(C)(C)C)c(cn2)-c2cccc(c2)Oc2ccc(cc2)-c2cc(C(C)(C)C)cc(-c3ccccc3)c2N2[CH-]N(c3[c-]c(ccc3)O5)c3ccccc32)c([2H])c1[2H].[Pt]. The van der Waals surface area contributed by atoms with E-state index in [2.05, 4.69) is 131 Å². The summed E-state index contributed by atoms with van der Waals surface area (Å²) in [4.78, 5) is 9.49. The van der Waals surface area contributed by atoms with Gasteiger partial charge in [0.05, 0.1) is 11.0 Å². The van der Waals surface area contributed by atoms with Crippen LogP contribution in [0.1, 0.15) is 63.6 Å². The Morgan fingerprint density at radius 3 is 1.97 bits per heavy atom. The monoisotopic (exact) mass is 1160 g/mol. The molecule has 6 nitrogen and oxygen atoms in total. The molecule has 0 aliphatic carbocycles. The normalized spacial score (nSPS) is 14.4. The zero-order valence-corrected chi connectivity index (χ0v) is 44.3. The Balaban J connectivity index is 0.00000680. The van der Waals surface area contributed by atoms with Crippen LogP contribution < -0.4 is 19.3 Å². The van der Waals surface area contributed by atoms with E-state index in [9.17, 15) is 4.11 Å². The number of nitrogens with zero attached hydrogens (tertiary/aromatic N) is 4. The molecule has 6 heterocycles. The molecule has 0 atom stereocenters. The van der Waals surface area contributed by atoms with Gasteiger partial charge in [-0.25, -0.2) is 4.98 Å². The minimum Gasteiger partial charge on any atom is -0.509 e. The van der Waals surface area contributed by atoms with Crippen molar-refractivity contribution >= 4 is 44.6 Å². The minimum atomic E-state index is -0.613. The summed E-state index contributed by atoms with van der Waals surface area (Å²) in [5.41, 5.74) is 10.7. The van der Waals surface area contributed by atoms with Crippen molar-refractivity contribution in [3.8, 4) is 73.3 Å². The van der Waals surface area contributed by atoms with E-state index in [0.717, 1.165) is 56.0 Å². The number of aromatic nitrogens is 2. The number of pyridine rings is 1. The second-order valence-corrected chi connectivity index (χ2v) is 20.8. The number of hydrogen-bond acceptors (Lipinski definition) is 5. The van der Waals surface area contributed by atoms with Gasteiger partial charge in [-0.1, -0.05) is 156 Å². The first-order valence-corrected chi connectivity index (χ1v) is 24.7. The Bertz CT molecular complexity index is 4430. The van der Waals surface area contributed by atoms with Gasteiger partial charge in [0.2, 0.25) is 0 Å². The van der Waals surface area contributed by atoms with Gasteiger partial charge in [-0.15, -0.1) is 48.1 Å². The number of fused-ring (bicyclic) bond motifs is 5. The molecule has 4 aliphatic rings. The van der Waals surface area contributed by atoms with Gasteiger partial charge in [-0.2, -0.15) is 12.1 Å². The molecular weight excluding hydrogens is 1100 g/mol. The number of rotatable bonds is 2. The molecule has 9 aromatic carbocycles. The van der Waals surface area contributed by atoms with Crippen LogP contribution in [0.5, 0.6) is 23.0 Å². The number of ether oxygens (including phenoxy) is 2. The maximum atomic E-state index is 9.98. The summed E-state index contributed by atoms with van der Waals surface area (Å²) in [6, 6.07) is 53.6. The summed E-state index contributed by atoms with van der Waals surface area (Å²) < 4.78 is 87.5. The predicted octanol–water partition coefficient (Wildman–Crippen LogP) is 18.3. The van der Waals surface area contributed by atoms with Gasteiger partial charge in [0.25, 0.3) is 0 Å². The molecule has 2 aromatic heterocycles. The summed E-state index contributed by atoms with van der Waals surface area (Å²) in [7, 11) is 0. The summed E-state index contributed by atoms with van der Waals surface area (Å²) >= 11 is 0. The molecule has 75 heavy (non-hydrogen) atoms. The van der Waals surface area contributed by atoms with Gasteiger partial charge >= 0.3 is 0 Å². The molecular formula is C68H53N4O2Pt-3. The molecule has 0 spiro atoms. The third-order valence-electron chi connectivity index (χ3n) is 13.8. The largest absolute Gasteiger partial charge is 0.509 e. The molecule has 0 amide bonds. The summed E-state index contributed by atoms with van der Waals surface area (Å²) in [6.45, 7) is 15.1. The van der Waals surface area contributed by atoms with E-state index in [1.54, 1.807) is 22.9 Å². The summed E-state index contributed by atoms with van der Waals surface area (Å²) in [5.74, 6) is 2.28. The van der Waals surface area contributed by atoms with Crippen LogP contribution in [0.25, 0.3) is 72.1 Å². The molecule has 0 N–H and O–H groups in total. The Labute approximate surface area is 465 Å². The van der Waals surface area contributed by atoms with Crippen LogP contribution in [0.4, 0.5) is 22.7 Å². The number of anilines is 4. The second-order valence-electron chi connectivity index (χ2n) is 20.8. The maximum absolute atomic E-state index is 9.98. The summed E-state index contributed by atoms with van der Waals surface area (Å²) in [5, 5.41) is 0.692. The fourth-order valence-electron chi connectivity index (χ4n) is 10.1. The minimum absolute atomic E-state index is 0. The predicted molar refractivity (Wildman–Crippen MR) is 303 cm³/mol. The molecule has 11 aromatic rings. The van der Waals surface area contributed by atoms with Gasteiger partial charge in [0.15, 0.2) is 0 Å². The zero-order valence-electron chi connectivity index (χ0n) is 50.0. The van der Waals surface area contributed by atoms with Crippen molar-refractivity contribution in [1.82, 2.24) is 9.55 Å². The van der Waals surface area contributed by atoms with Crippen molar-refractivity contribution in [2.24, 2.45) is 0 Å². The average Bonchev–Trinajstić information content (AvgIpc) is 2.03. The Morgan fingerprint density at radius 1 is 0.533 bits per heavy atom. The van der Waals surface area contributed by atoms with Gasteiger partial charge in [0, 0.05) is 78.0 Å². The molecule has 15 rings (SSSR count). The van der Waals surface area contributed by atoms with Crippen molar-refractivity contribution < 1.29 is 41.5 Å². The Hall–Kier alpha value is -8.18. The number of para-hydroxylation sites is 2. The molecule has 370 valence electrons. The van der Waals surface area contributed by atoms with Crippen LogP contribution in [-0.2, 0) is 31.9 Å². The van der Waals surface area contributed by atoms with E-state index < -0.39 is 41.7 Å². The van der Waals surface area contributed by atoms with Crippen LogP contribution in [0.3, 0.4) is 0 Å². The first kappa shape index (κ1) is 39.3. The fourth-order valence-corrected chi connectivity index (χ4v) is 10.1. The van der Waals surface area contributed by atoms with Gasteiger partial charge in [-0.05, 0) is 116 Å². The molecule has 12 bridgehead atoms. The van der Waals surface area contributed by atoms with Crippen LogP contribution in [0.2, 0.25) is 0 Å². The van der Waals surface area contributed by atoms with Crippen LogP contribution >= 0.6 is 0 Å². The first-order valence-electron chi connectivity index (χ1n) is 28.7. The van der Waals surface area contributed by atoms with Crippen LogP contribution in [-0.4, -0.2) is 9.55 Å². The standard InChI is InChI=1S/C68H53N4O2.Pt/c1-67(2,3)49-37-57(45-19-11-8-12-20-45)66-58(38-49)46-27-30-51(31-28-46)73-52-23-15-21-48(35-52)59-42-69-65(41-60(59)68(4,5)6)72-63-36-47(44-17-9-7-10-18-44)29-33-55(63)56-34-32-54(40-64(56)72)74-53-24-16-22-50(39-53)70-43-71(66)62-26-14-13-25-61(62)70;/h7-38,41-43H,1-6H3;/q-3;/i7D,9D,10D,17D,18D,29D,33D,36D;. The molecule has 0 radical (unpaired) electrons. The number of benzene rings is 9. The van der Waals surface area contributed by atoms with E-state index in [1.807, 2.05) is 78.9 Å². The van der Waals surface area contributed by atoms with Crippen molar-refractivity contribution in [1.29, 1.82) is 0 Å². The van der Waals surface area contributed by atoms with Gasteiger partial charge < -0.3 is 23.8 Å². The quantitative estimate of drug-likeness (QED) is 0.161. The topological polar surface area (TPSA) is 42.8 Å². The smallest absolute Gasteiger partial charge is 0.135 e. The molecule has 0 unspecified atom stereocenters. The molecule has 0 fully saturated rings. The Kier molecular flexibility index (Phi) is 9.77. The average molecular weight is 1160 g/mol. The van der Waals surface area contributed by atoms with Crippen LogP contribution in [0, 0.1) is 18.8 Å². The van der Waals surface area contributed by atoms with Crippen molar-refractivity contribution in [3.63, 3.8) is 0 Å². The molecule has 0 saturated heterocycles. The van der Waals surface area contributed by atoms with E-state index in [-0.39, 0.29) is 66.3 Å². The molecule has 4 aliphatic heterocycles. The van der Waals surface area contributed by atoms with Gasteiger partial charge in [0.1, 0.15) is 17.3 Å². The molecule has 7 heteroatoms. The molecule has 0 saturated carbocycles. The van der Waals surface area contributed by atoms with Crippen molar-refractivity contribution in [2.75, 3.05) is 9.80 Å². The third-order valence-corrected chi connectivity index (χ3v) is 13.8. The number of hydrogen-bond donors (Lipinski definition) is 0. The van der Waals surface area contributed by atoms with Crippen LogP contribution in [0.15, 0.2) is 206 Å². The maximum Gasteiger partial charge on any atom is 0.135 e. The van der Waals surface area contributed by atoms with E-state index in [1.165, 1.54) is 5.56 Å². The first-order chi connectivity index (χ1) is 39.2. The van der Waals surface area contributed by atoms with Gasteiger partial charge in [-0.3, -0.25) is 0 Å². The van der Waals surface area contributed by atoms with E-state index in [0.29, 0.717) is 39.7 Å². The fraction of sp³-hybridized carbons (Fsp3) is 0.118. The Morgan fingerprint density at radius 2 is 1.23 bits per heavy atom. The summed E-state index contributed by atoms with van der Waals surface area (Å²) in [6.07, 6.45) is 1.78. The van der Waals surface area contributed by atoms with Crippen molar-refractivity contribution in [2.45, 2.75) is 52.4 Å². The van der Waals surface area contributed by atoms with E-state index in [4.69, 9.17) is 21.3 Å². The third kappa shape index (κ3) is 8.67. The second kappa shape index (κ2) is 18.6. The zero-order chi connectivity index (χ0) is 57.3. The van der Waals surface area contributed by atoms with E-state index >= 15 is 0 Å².